The number of aliphatic hydroxyl groups is 1. The average molecular weight is 702 g/mol. The first kappa shape index (κ1) is 32.5. The summed E-state index contributed by atoms with van der Waals surface area (Å²) in [6, 6.07) is 16.7. The van der Waals surface area contributed by atoms with Crippen LogP contribution >= 0.6 is 31.9 Å². The molecule has 0 saturated heterocycles. The summed E-state index contributed by atoms with van der Waals surface area (Å²) in [5.74, 6) is 1.89. The predicted molar refractivity (Wildman–Crippen MR) is 158 cm³/mol. The zero-order valence-electron chi connectivity index (χ0n) is 23.0. The Morgan fingerprint density at radius 1 is 0.775 bits per heavy atom. The minimum absolute atomic E-state index is 0.126. The molecule has 0 spiro atoms. The molecule has 0 saturated carbocycles. The Labute approximate surface area is 252 Å². The highest BCUT2D eigenvalue weighted by atomic mass is 79.9. The summed E-state index contributed by atoms with van der Waals surface area (Å²) in [5, 5.41) is 18.6. The number of ether oxygens (including phenoxy) is 4. The molecule has 12 heteroatoms. The van der Waals surface area contributed by atoms with Gasteiger partial charge in [-0.2, -0.15) is 0 Å². The van der Waals surface area contributed by atoms with E-state index in [0.29, 0.717) is 18.8 Å². The Balaban J connectivity index is 0.000000174. The second-order valence-electron chi connectivity index (χ2n) is 8.67. The van der Waals surface area contributed by atoms with Gasteiger partial charge in [0, 0.05) is 52.2 Å². The highest BCUT2D eigenvalue weighted by Crippen LogP contribution is 2.29. The van der Waals surface area contributed by atoms with E-state index in [1.165, 1.54) is 6.07 Å². The van der Waals surface area contributed by atoms with E-state index in [-0.39, 0.29) is 24.9 Å². The summed E-state index contributed by atoms with van der Waals surface area (Å²) in [5.41, 5.74) is 2.62. The van der Waals surface area contributed by atoms with Crippen molar-refractivity contribution >= 4 is 45.9 Å². The van der Waals surface area contributed by atoms with Crippen molar-refractivity contribution in [2.45, 2.75) is 46.2 Å². The molecule has 2 N–H and O–H groups in total. The number of aliphatic hydroxyl groups excluding tert-OH is 1. The van der Waals surface area contributed by atoms with Crippen LogP contribution in [0.4, 0.5) is 0 Å². The van der Waals surface area contributed by atoms with E-state index in [0.717, 1.165) is 36.8 Å². The van der Waals surface area contributed by atoms with Gasteiger partial charge < -0.3 is 42.4 Å². The summed E-state index contributed by atoms with van der Waals surface area (Å²) >= 11 is 6.61. The van der Waals surface area contributed by atoms with Gasteiger partial charge in [0.1, 0.15) is 17.2 Å². The van der Waals surface area contributed by atoms with Gasteiger partial charge in [-0.3, -0.25) is 0 Å². The molecule has 2 aliphatic rings. The third-order valence-electron chi connectivity index (χ3n) is 5.99. The molecule has 9 nitrogen and oxygen atoms in total. The highest BCUT2D eigenvalue weighted by molar-refractivity contribution is 9.10. The lowest BCUT2D eigenvalue weighted by molar-refractivity contribution is -0.0946. The monoisotopic (exact) mass is 700 g/mol. The van der Waals surface area contributed by atoms with E-state index in [1.807, 2.05) is 50.2 Å². The molecule has 0 fully saturated rings. The maximum Gasteiger partial charge on any atom is 0.536 e. The number of hydrogen-bond acceptors (Lipinski definition) is 9. The summed E-state index contributed by atoms with van der Waals surface area (Å²) in [7, 11) is 1.99. The first-order chi connectivity index (χ1) is 19.1. The topological polar surface area (TPSA) is 105 Å². The van der Waals surface area contributed by atoms with Crippen LogP contribution in [0.15, 0.2) is 63.5 Å². The Morgan fingerprint density at radius 3 is 1.80 bits per heavy atom. The molecule has 0 bridgehead atoms. The van der Waals surface area contributed by atoms with Gasteiger partial charge in [0.25, 0.3) is 0 Å². The fraction of sp³-hybridized carbons (Fsp3) is 0.357. The van der Waals surface area contributed by atoms with Crippen LogP contribution in [-0.2, 0) is 42.6 Å². The van der Waals surface area contributed by atoms with Gasteiger partial charge in [-0.05, 0) is 62.4 Å². The van der Waals surface area contributed by atoms with Crippen molar-refractivity contribution in [3.05, 3.63) is 80.2 Å². The summed E-state index contributed by atoms with van der Waals surface area (Å²) < 4.78 is 40.0. The smallest absolute Gasteiger partial charge is 0.508 e. The van der Waals surface area contributed by atoms with Crippen molar-refractivity contribution in [3.8, 4) is 17.2 Å². The van der Waals surface area contributed by atoms with Crippen LogP contribution in [0.1, 0.15) is 30.5 Å². The Hall–Kier alpha value is -2.00. The molecule has 2 unspecified atom stereocenters. The molecule has 0 aliphatic carbocycles. The Kier molecular flexibility index (Phi) is 12.4. The van der Waals surface area contributed by atoms with Gasteiger partial charge in [0.05, 0.1) is 19.8 Å². The van der Waals surface area contributed by atoms with Gasteiger partial charge in [0.2, 0.25) is 0 Å². The van der Waals surface area contributed by atoms with Gasteiger partial charge in [-0.15, -0.1) is 0 Å². The van der Waals surface area contributed by atoms with E-state index in [2.05, 4.69) is 31.9 Å². The lowest BCUT2D eigenvalue weighted by Crippen LogP contribution is -2.54. The molecule has 2 aliphatic heterocycles. The maximum atomic E-state index is 9.05. The van der Waals surface area contributed by atoms with Crippen LogP contribution in [0.5, 0.6) is 17.2 Å². The minimum Gasteiger partial charge on any atom is -0.508 e. The van der Waals surface area contributed by atoms with E-state index < -0.39 is 8.80 Å². The van der Waals surface area contributed by atoms with Gasteiger partial charge in [0.15, 0.2) is 12.6 Å². The molecular formula is C28H34Br2O9Si. The number of halogens is 2. The molecular weight excluding hydrogens is 668 g/mol. The van der Waals surface area contributed by atoms with Crippen molar-refractivity contribution in [1.82, 2.24) is 0 Å². The largest absolute Gasteiger partial charge is 0.536 e. The molecule has 0 radical (unpaired) electrons. The molecule has 2 heterocycles. The number of benzene rings is 3. The number of hydrogen-bond donors (Lipinski definition) is 2. The predicted octanol–water partition coefficient (Wildman–Crippen LogP) is 5.38. The molecule has 2 atom stereocenters. The van der Waals surface area contributed by atoms with Crippen molar-refractivity contribution in [2.24, 2.45) is 0 Å². The zero-order valence-corrected chi connectivity index (χ0v) is 27.2. The standard InChI is InChI=1S/C12H18O5Si.C9H9BrO2.C7H7BrO2/c1-9-16-8-10-7-11(5-6-12(10)17-9)18(13-2,14-3)15-4;1-6-11-5-7-4-8(10)2-3-9(7)12-6;8-6-1-2-7(10)5(3-6)4-9/h5-7,9H,8H2,1-4H3;2-4,6H,5H2,1H3;1-3,9-10H,4H2. The summed E-state index contributed by atoms with van der Waals surface area (Å²) in [6.07, 6.45) is -0.337. The third-order valence-corrected chi connectivity index (χ3v) is 9.60. The fourth-order valence-corrected chi connectivity index (χ4v) is 6.56. The molecule has 3 aromatic rings. The van der Waals surface area contributed by atoms with Crippen LogP contribution in [0.2, 0.25) is 0 Å². The highest BCUT2D eigenvalue weighted by Gasteiger charge is 2.41. The molecule has 0 aromatic heterocycles. The molecule has 5 rings (SSSR count). The minimum atomic E-state index is -2.78. The third kappa shape index (κ3) is 8.51. The van der Waals surface area contributed by atoms with Crippen molar-refractivity contribution in [1.29, 1.82) is 0 Å². The molecule has 0 amide bonds. The van der Waals surface area contributed by atoms with Gasteiger partial charge in [-0.25, -0.2) is 0 Å². The maximum absolute atomic E-state index is 9.05. The Morgan fingerprint density at radius 2 is 1.27 bits per heavy atom. The van der Waals surface area contributed by atoms with Gasteiger partial charge in [-0.1, -0.05) is 37.9 Å². The molecule has 218 valence electrons. The zero-order chi connectivity index (χ0) is 29.3. The Bertz CT molecular complexity index is 1250. The van der Waals surface area contributed by atoms with Gasteiger partial charge >= 0.3 is 8.80 Å². The van der Waals surface area contributed by atoms with E-state index in [9.17, 15) is 0 Å². The van der Waals surface area contributed by atoms with E-state index >= 15 is 0 Å². The summed E-state index contributed by atoms with van der Waals surface area (Å²) in [6.45, 7) is 4.79. The quantitative estimate of drug-likeness (QED) is 0.340. The summed E-state index contributed by atoms with van der Waals surface area (Å²) in [4.78, 5) is 0. The first-order valence-corrected chi connectivity index (χ1v) is 15.7. The average Bonchev–Trinajstić information content (AvgIpc) is 2.96. The van der Waals surface area contributed by atoms with Crippen molar-refractivity contribution in [2.75, 3.05) is 21.3 Å². The second kappa shape index (κ2) is 15.3. The second-order valence-corrected chi connectivity index (χ2v) is 13.4. The normalized spacial score (nSPS) is 17.5. The van der Waals surface area contributed by atoms with Crippen LogP contribution < -0.4 is 14.7 Å². The van der Waals surface area contributed by atoms with Crippen LogP contribution in [0.25, 0.3) is 0 Å². The molecule has 40 heavy (non-hydrogen) atoms. The number of aromatic hydroxyl groups is 1. The SMILES string of the molecule is CC1OCc2cc(Br)ccc2O1.CO[Si](OC)(OC)c1ccc2c(c1)COC(C)O2.OCc1cc(Br)ccc1O. The number of phenols is 1. The van der Waals surface area contributed by atoms with Crippen LogP contribution in [-0.4, -0.2) is 52.9 Å². The lowest BCUT2D eigenvalue weighted by atomic mass is 10.2. The van der Waals surface area contributed by atoms with E-state index in [1.54, 1.807) is 33.5 Å². The van der Waals surface area contributed by atoms with Crippen LogP contribution in [0, 0.1) is 0 Å². The van der Waals surface area contributed by atoms with E-state index in [4.69, 9.17) is 42.4 Å². The van der Waals surface area contributed by atoms with Crippen molar-refractivity contribution < 1.29 is 42.4 Å². The lowest BCUT2D eigenvalue weighted by Gasteiger charge is -2.28. The number of rotatable bonds is 5. The fourth-order valence-electron chi connectivity index (χ4n) is 3.90. The van der Waals surface area contributed by atoms with Crippen LogP contribution in [0.3, 0.4) is 0 Å². The number of fused-ring (bicyclic) bond motifs is 2. The first-order valence-electron chi connectivity index (χ1n) is 12.4. The van der Waals surface area contributed by atoms with Crippen molar-refractivity contribution in [3.63, 3.8) is 0 Å². The molecule has 3 aromatic carbocycles.